The number of nitrogens with one attached hydrogen (secondary N) is 1. The molecular weight excluding hydrogens is 222 g/mol. The number of aromatic nitrogens is 5. The van der Waals surface area contributed by atoms with Crippen LogP contribution in [0.2, 0.25) is 0 Å². The van der Waals surface area contributed by atoms with Gasteiger partial charge in [0.1, 0.15) is 10.7 Å². The number of rotatable bonds is 4. The Morgan fingerprint density at radius 1 is 1.38 bits per heavy atom. The number of aromatic amines is 1. The topological polar surface area (TPSA) is 67.3 Å². The second-order valence-corrected chi connectivity index (χ2v) is 4.75. The molecule has 6 heteroatoms. The van der Waals surface area contributed by atoms with Crippen LogP contribution in [0, 0.1) is 0 Å². The van der Waals surface area contributed by atoms with Gasteiger partial charge in [0.05, 0.1) is 5.69 Å². The Balaban J connectivity index is 2.31. The maximum absolute atomic E-state index is 4.45. The fraction of sp³-hybridized carbons (Fsp3) is 0.600. The van der Waals surface area contributed by atoms with Crippen LogP contribution in [0.5, 0.6) is 0 Å². The Morgan fingerprint density at radius 2 is 2.19 bits per heavy atom. The van der Waals surface area contributed by atoms with Gasteiger partial charge in [-0.3, -0.25) is 5.10 Å². The molecule has 5 nitrogen and oxygen atoms in total. The number of hydrogen-bond donors (Lipinski definition) is 1. The Hall–Kier alpha value is -1.30. The van der Waals surface area contributed by atoms with E-state index in [1.54, 1.807) is 0 Å². The lowest BCUT2D eigenvalue weighted by Gasteiger charge is -1.99. The summed E-state index contributed by atoms with van der Waals surface area (Å²) < 4.78 is 3.97. The van der Waals surface area contributed by atoms with Crippen LogP contribution in [0.3, 0.4) is 0 Å². The van der Waals surface area contributed by atoms with Crippen molar-refractivity contribution >= 4 is 11.5 Å². The first kappa shape index (κ1) is 11.2. The highest BCUT2D eigenvalue weighted by Crippen LogP contribution is 2.27. The maximum Gasteiger partial charge on any atom is 0.194 e. The molecule has 86 valence electrons. The first-order valence-corrected chi connectivity index (χ1v) is 6.23. The lowest BCUT2D eigenvalue weighted by atomic mass is 10.1. The van der Waals surface area contributed by atoms with Gasteiger partial charge in [0.25, 0.3) is 0 Å². The Bertz CT molecular complexity index is 459. The molecule has 0 bridgehead atoms. The van der Waals surface area contributed by atoms with Gasteiger partial charge in [0.15, 0.2) is 5.82 Å². The fourth-order valence-electron chi connectivity index (χ4n) is 1.48. The number of H-pyrrole nitrogens is 1. The molecule has 0 radical (unpaired) electrons. The van der Waals surface area contributed by atoms with Crippen LogP contribution in [0.15, 0.2) is 0 Å². The first-order valence-electron chi connectivity index (χ1n) is 5.46. The summed E-state index contributed by atoms with van der Waals surface area (Å²) in [5.41, 5.74) is 0.979. The Morgan fingerprint density at radius 3 is 2.88 bits per heavy atom. The highest BCUT2D eigenvalue weighted by Gasteiger charge is 2.17. The summed E-state index contributed by atoms with van der Waals surface area (Å²) in [6.45, 7) is 6.32. The van der Waals surface area contributed by atoms with Gasteiger partial charge in [-0.05, 0) is 23.9 Å². The summed E-state index contributed by atoms with van der Waals surface area (Å²) in [4.78, 5) is 5.43. The van der Waals surface area contributed by atoms with Crippen molar-refractivity contribution < 1.29 is 0 Å². The molecule has 2 aromatic rings. The van der Waals surface area contributed by atoms with Crippen molar-refractivity contribution in [1.29, 1.82) is 0 Å². The molecule has 16 heavy (non-hydrogen) atoms. The van der Waals surface area contributed by atoms with Crippen molar-refractivity contribution in [3.63, 3.8) is 0 Å². The summed E-state index contributed by atoms with van der Waals surface area (Å²) in [5, 5.41) is 11.3. The lowest BCUT2D eigenvalue weighted by Crippen LogP contribution is -1.91. The second kappa shape index (κ2) is 4.69. The van der Waals surface area contributed by atoms with Gasteiger partial charge in [0.2, 0.25) is 0 Å². The predicted molar refractivity (Wildman–Crippen MR) is 63.4 cm³/mol. The van der Waals surface area contributed by atoms with Crippen molar-refractivity contribution in [1.82, 2.24) is 24.8 Å². The van der Waals surface area contributed by atoms with Gasteiger partial charge in [-0.25, -0.2) is 4.98 Å². The monoisotopic (exact) mass is 237 g/mol. The molecule has 2 aromatic heterocycles. The number of aryl methyl sites for hydroxylation is 1. The quantitative estimate of drug-likeness (QED) is 0.886. The first-order chi connectivity index (χ1) is 7.72. The molecule has 2 heterocycles. The van der Waals surface area contributed by atoms with E-state index in [4.69, 9.17) is 0 Å². The smallest absolute Gasteiger partial charge is 0.194 e. The van der Waals surface area contributed by atoms with Crippen molar-refractivity contribution in [2.75, 3.05) is 0 Å². The number of hydrogen-bond acceptors (Lipinski definition) is 5. The van der Waals surface area contributed by atoms with Gasteiger partial charge >= 0.3 is 0 Å². The molecule has 0 aromatic carbocycles. The van der Waals surface area contributed by atoms with Crippen LogP contribution in [0.1, 0.15) is 44.6 Å². The summed E-state index contributed by atoms with van der Waals surface area (Å²) in [6.07, 6.45) is 1.99. The average Bonchev–Trinajstić information content (AvgIpc) is 2.83. The molecule has 0 aliphatic carbocycles. The second-order valence-electron chi connectivity index (χ2n) is 4.00. The van der Waals surface area contributed by atoms with Gasteiger partial charge in [-0.2, -0.15) is 5.10 Å². The van der Waals surface area contributed by atoms with E-state index in [1.165, 1.54) is 11.5 Å². The molecule has 0 spiro atoms. The molecule has 0 saturated heterocycles. The van der Waals surface area contributed by atoms with Gasteiger partial charge in [-0.1, -0.05) is 25.3 Å². The molecule has 0 atom stereocenters. The predicted octanol–water partition coefficient (Wildman–Crippen LogP) is 2.40. The van der Waals surface area contributed by atoms with Crippen LogP contribution >= 0.6 is 11.5 Å². The van der Waals surface area contributed by atoms with Gasteiger partial charge < -0.3 is 0 Å². The molecule has 0 aliphatic rings. The summed E-state index contributed by atoms with van der Waals surface area (Å²) >= 11 is 1.36. The number of nitrogens with zero attached hydrogens (tertiary/aromatic N) is 4. The van der Waals surface area contributed by atoms with Crippen molar-refractivity contribution in [3.05, 3.63) is 11.5 Å². The van der Waals surface area contributed by atoms with E-state index in [0.717, 1.165) is 35.1 Å². The van der Waals surface area contributed by atoms with Crippen molar-refractivity contribution in [2.45, 2.75) is 39.5 Å². The Kier molecular flexibility index (Phi) is 3.28. The molecular formula is C10H15N5S. The Labute approximate surface area is 98.5 Å². The zero-order chi connectivity index (χ0) is 11.5. The minimum absolute atomic E-state index is 0.349. The fourth-order valence-corrected chi connectivity index (χ4v) is 2.23. The summed E-state index contributed by atoms with van der Waals surface area (Å²) in [5.74, 6) is 2.00. The molecule has 2 rings (SSSR count). The summed E-state index contributed by atoms with van der Waals surface area (Å²) in [6, 6.07) is 0. The zero-order valence-electron chi connectivity index (χ0n) is 9.69. The largest absolute Gasteiger partial charge is 0.263 e. The van der Waals surface area contributed by atoms with E-state index in [9.17, 15) is 0 Å². The highest BCUT2D eigenvalue weighted by molar-refractivity contribution is 7.09. The van der Waals surface area contributed by atoms with Crippen LogP contribution in [0.25, 0.3) is 10.7 Å². The lowest BCUT2D eigenvalue weighted by molar-refractivity contribution is 0.812. The molecule has 1 N–H and O–H groups in total. The van der Waals surface area contributed by atoms with E-state index in [2.05, 4.69) is 45.5 Å². The average molecular weight is 237 g/mol. The normalized spacial score (nSPS) is 11.2. The minimum Gasteiger partial charge on any atom is -0.263 e. The molecule has 0 fully saturated rings. The third kappa shape index (κ3) is 2.11. The third-order valence-corrected chi connectivity index (χ3v) is 3.02. The maximum atomic E-state index is 4.45. The van der Waals surface area contributed by atoms with E-state index in [-0.39, 0.29) is 0 Å². The van der Waals surface area contributed by atoms with Crippen LogP contribution in [-0.2, 0) is 6.42 Å². The van der Waals surface area contributed by atoms with Crippen molar-refractivity contribution in [2.24, 2.45) is 0 Å². The third-order valence-electron chi connectivity index (χ3n) is 2.28. The molecule has 0 saturated carbocycles. The summed E-state index contributed by atoms with van der Waals surface area (Å²) in [7, 11) is 0. The van der Waals surface area contributed by atoms with Crippen molar-refractivity contribution in [3.8, 4) is 10.7 Å². The molecule has 0 aliphatic heterocycles. The van der Waals surface area contributed by atoms with E-state index in [0.29, 0.717) is 5.92 Å². The van der Waals surface area contributed by atoms with Gasteiger partial charge in [0, 0.05) is 6.42 Å². The van der Waals surface area contributed by atoms with Gasteiger partial charge in [-0.15, -0.1) is 5.10 Å². The van der Waals surface area contributed by atoms with Crippen LogP contribution in [-0.4, -0.2) is 24.8 Å². The minimum atomic E-state index is 0.349. The zero-order valence-corrected chi connectivity index (χ0v) is 10.5. The van der Waals surface area contributed by atoms with E-state index >= 15 is 0 Å². The van der Waals surface area contributed by atoms with E-state index in [1.807, 2.05) is 0 Å². The molecule has 0 amide bonds. The van der Waals surface area contributed by atoms with E-state index < -0.39 is 0 Å². The van der Waals surface area contributed by atoms with Crippen LogP contribution in [0.4, 0.5) is 0 Å². The molecule has 0 unspecified atom stereocenters. The van der Waals surface area contributed by atoms with Crippen LogP contribution < -0.4 is 0 Å². The SMILES string of the molecule is CCCc1nc(-c2snnc2C(C)C)n[nH]1. The standard InChI is InChI=1S/C10H15N5S/c1-4-5-7-11-10(14-12-7)9-8(6(2)3)13-15-16-9/h6H,4-5H2,1-3H3,(H,11,12,14). The highest BCUT2D eigenvalue weighted by atomic mass is 32.1.